The van der Waals surface area contributed by atoms with Gasteiger partial charge in [0.25, 0.3) is 0 Å². The lowest BCUT2D eigenvalue weighted by Gasteiger charge is -2.32. The topological polar surface area (TPSA) is 83.4 Å². The van der Waals surface area contributed by atoms with Crippen LogP contribution in [0.2, 0.25) is 0 Å². The molecule has 3 rings (SSSR count). The Labute approximate surface area is 112 Å². The third kappa shape index (κ3) is 2.52. The second-order valence-electron chi connectivity index (χ2n) is 5.44. The average molecular weight is 267 g/mol. The molecule has 19 heavy (non-hydrogen) atoms. The Morgan fingerprint density at radius 3 is 2.47 bits per heavy atom. The summed E-state index contributed by atoms with van der Waals surface area (Å²) in [6, 6.07) is 0. The highest BCUT2D eigenvalue weighted by atomic mass is 16.5. The minimum absolute atomic E-state index is 0.186. The molecule has 0 aromatic carbocycles. The summed E-state index contributed by atoms with van der Waals surface area (Å²) < 4.78 is 16.3. The van der Waals surface area contributed by atoms with Crippen LogP contribution in [0.1, 0.15) is 43.3 Å². The van der Waals surface area contributed by atoms with Crippen molar-refractivity contribution in [2.24, 2.45) is 5.73 Å². The van der Waals surface area contributed by atoms with E-state index in [1.165, 1.54) is 0 Å². The van der Waals surface area contributed by atoms with Gasteiger partial charge in [0, 0.05) is 38.9 Å². The van der Waals surface area contributed by atoms with E-state index in [1.807, 2.05) is 0 Å². The largest absolute Gasteiger partial charge is 0.381 e. The van der Waals surface area contributed by atoms with Crippen molar-refractivity contribution in [3.8, 4) is 0 Å². The molecule has 0 bridgehead atoms. The summed E-state index contributed by atoms with van der Waals surface area (Å²) in [5.41, 5.74) is 5.77. The molecule has 0 aliphatic carbocycles. The zero-order valence-electron chi connectivity index (χ0n) is 11.1. The van der Waals surface area contributed by atoms with Crippen molar-refractivity contribution in [3.63, 3.8) is 0 Å². The van der Waals surface area contributed by atoms with Gasteiger partial charge < -0.3 is 19.7 Å². The zero-order chi connectivity index (χ0) is 13.1. The fraction of sp³-hybridized carbons (Fsp3) is 0.846. The first-order valence-electron chi connectivity index (χ1n) is 7.04. The molecule has 1 aromatic rings. The van der Waals surface area contributed by atoms with Crippen LogP contribution in [0, 0.1) is 0 Å². The van der Waals surface area contributed by atoms with E-state index in [0.29, 0.717) is 31.6 Å². The molecular formula is C13H21N3O3. The number of hydrogen-bond donors (Lipinski definition) is 1. The Morgan fingerprint density at radius 1 is 1.11 bits per heavy atom. The molecule has 2 aliphatic heterocycles. The molecule has 0 atom stereocenters. The summed E-state index contributed by atoms with van der Waals surface area (Å²) in [6.07, 6.45) is 3.66. The predicted molar refractivity (Wildman–Crippen MR) is 67.9 cm³/mol. The molecule has 2 saturated heterocycles. The van der Waals surface area contributed by atoms with Gasteiger partial charge in [-0.1, -0.05) is 5.16 Å². The average Bonchev–Trinajstić information content (AvgIpc) is 2.99. The minimum Gasteiger partial charge on any atom is -0.381 e. The summed E-state index contributed by atoms with van der Waals surface area (Å²) in [5, 5.41) is 4.17. The van der Waals surface area contributed by atoms with Crippen LogP contribution in [0.4, 0.5) is 0 Å². The van der Waals surface area contributed by atoms with Crippen LogP contribution in [0.25, 0.3) is 0 Å². The molecule has 106 valence electrons. The highest BCUT2D eigenvalue weighted by Gasteiger charge is 2.39. The Kier molecular flexibility index (Phi) is 3.81. The van der Waals surface area contributed by atoms with Crippen molar-refractivity contribution in [2.75, 3.05) is 33.0 Å². The molecule has 2 N–H and O–H groups in total. The Balaban J connectivity index is 1.79. The van der Waals surface area contributed by atoms with Crippen LogP contribution in [-0.4, -0.2) is 43.1 Å². The SMILES string of the molecule is NCC1(c2nc(C3CCOCC3)no2)CCOCC1. The lowest BCUT2D eigenvalue weighted by molar-refractivity contribution is 0.0408. The summed E-state index contributed by atoms with van der Waals surface area (Å²) in [6.45, 7) is 3.53. The van der Waals surface area contributed by atoms with Gasteiger partial charge in [-0.05, 0) is 25.7 Å². The first kappa shape index (κ1) is 13.0. The summed E-state index contributed by atoms with van der Waals surface area (Å²) in [5.74, 6) is 1.87. The molecule has 0 unspecified atom stereocenters. The van der Waals surface area contributed by atoms with Crippen LogP contribution in [-0.2, 0) is 14.9 Å². The van der Waals surface area contributed by atoms with Crippen molar-refractivity contribution < 1.29 is 14.0 Å². The molecule has 0 saturated carbocycles. The predicted octanol–water partition coefficient (Wildman–Crippen LogP) is 0.970. The van der Waals surface area contributed by atoms with Crippen LogP contribution < -0.4 is 5.73 Å². The molecule has 1 aromatic heterocycles. The lowest BCUT2D eigenvalue weighted by Crippen LogP contribution is -2.41. The normalized spacial score (nSPS) is 24.5. The standard InChI is InChI=1S/C13H21N3O3/c14-9-13(3-7-18-8-4-13)12-15-11(16-19-12)10-1-5-17-6-2-10/h10H,1-9,14H2. The molecule has 6 nitrogen and oxygen atoms in total. The number of ether oxygens (including phenoxy) is 2. The van der Waals surface area contributed by atoms with Crippen LogP contribution in [0.3, 0.4) is 0 Å². The molecule has 3 heterocycles. The quantitative estimate of drug-likeness (QED) is 0.878. The van der Waals surface area contributed by atoms with Gasteiger partial charge in [0.15, 0.2) is 5.82 Å². The van der Waals surface area contributed by atoms with Crippen LogP contribution in [0.15, 0.2) is 4.52 Å². The number of rotatable bonds is 3. The molecule has 2 fully saturated rings. The molecule has 0 amide bonds. The van der Waals surface area contributed by atoms with Crippen molar-refractivity contribution in [2.45, 2.75) is 37.0 Å². The summed E-state index contributed by atoms with van der Waals surface area (Å²) in [4.78, 5) is 4.63. The fourth-order valence-electron chi connectivity index (χ4n) is 2.84. The number of nitrogens with two attached hydrogens (primary N) is 1. The van der Waals surface area contributed by atoms with E-state index in [4.69, 9.17) is 19.7 Å². The van der Waals surface area contributed by atoms with E-state index in [2.05, 4.69) is 10.1 Å². The van der Waals surface area contributed by atoms with E-state index in [0.717, 1.165) is 44.7 Å². The molecule has 6 heteroatoms. The minimum atomic E-state index is -0.186. The molecular weight excluding hydrogens is 246 g/mol. The number of aromatic nitrogens is 2. The first-order valence-corrected chi connectivity index (χ1v) is 7.04. The van der Waals surface area contributed by atoms with E-state index in [-0.39, 0.29) is 5.41 Å². The highest BCUT2D eigenvalue weighted by Crippen LogP contribution is 2.34. The first-order chi connectivity index (χ1) is 9.34. The Bertz CT molecular complexity index is 409. The van der Waals surface area contributed by atoms with Gasteiger partial charge in [-0.3, -0.25) is 0 Å². The van der Waals surface area contributed by atoms with Gasteiger partial charge >= 0.3 is 0 Å². The number of nitrogens with zero attached hydrogens (tertiary/aromatic N) is 2. The lowest BCUT2D eigenvalue weighted by atomic mass is 9.80. The molecule has 0 radical (unpaired) electrons. The van der Waals surface area contributed by atoms with Crippen molar-refractivity contribution in [3.05, 3.63) is 11.7 Å². The third-order valence-corrected chi connectivity index (χ3v) is 4.32. The number of hydrogen-bond acceptors (Lipinski definition) is 6. The fourth-order valence-corrected chi connectivity index (χ4v) is 2.84. The van der Waals surface area contributed by atoms with E-state index >= 15 is 0 Å². The van der Waals surface area contributed by atoms with Gasteiger partial charge in [-0.2, -0.15) is 4.98 Å². The van der Waals surface area contributed by atoms with Crippen molar-refractivity contribution in [1.82, 2.24) is 10.1 Å². The van der Waals surface area contributed by atoms with Gasteiger partial charge in [0.2, 0.25) is 5.89 Å². The zero-order valence-corrected chi connectivity index (χ0v) is 11.1. The summed E-state index contributed by atoms with van der Waals surface area (Å²) >= 11 is 0. The maximum Gasteiger partial charge on any atom is 0.234 e. The Hall–Kier alpha value is -0.980. The third-order valence-electron chi connectivity index (χ3n) is 4.32. The molecule has 0 spiro atoms. The van der Waals surface area contributed by atoms with Crippen molar-refractivity contribution >= 4 is 0 Å². The monoisotopic (exact) mass is 267 g/mol. The van der Waals surface area contributed by atoms with Crippen LogP contribution in [0.5, 0.6) is 0 Å². The smallest absolute Gasteiger partial charge is 0.234 e. The second kappa shape index (κ2) is 5.56. The van der Waals surface area contributed by atoms with Gasteiger partial charge in [-0.15, -0.1) is 0 Å². The maximum atomic E-state index is 5.95. The van der Waals surface area contributed by atoms with Crippen LogP contribution >= 0.6 is 0 Å². The molecule has 2 aliphatic rings. The Morgan fingerprint density at radius 2 is 1.79 bits per heavy atom. The highest BCUT2D eigenvalue weighted by molar-refractivity contribution is 5.09. The van der Waals surface area contributed by atoms with Crippen molar-refractivity contribution in [1.29, 1.82) is 0 Å². The maximum absolute atomic E-state index is 5.95. The van der Waals surface area contributed by atoms with Gasteiger partial charge in [0.1, 0.15) is 0 Å². The second-order valence-corrected chi connectivity index (χ2v) is 5.44. The summed E-state index contributed by atoms with van der Waals surface area (Å²) in [7, 11) is 0. The van der Waals surface area contributed by atoms with E-state index in [9.17, 15) is 0 Å². The van der Waals surface area contributed by atoms with E-state index in [1.54, 1.807) is 0 Å². The van der Waals surface area contributed by atoms with Gasteiger partial charge in [-0.25, -0.2) is 0 Å². The van der Waals surface area contributed by atoms with Gasteiger partial charge in [0.05, 0.1) is 5.41 Å². The van der Waals surface area contributed by atoms with E-state index < -0.39 is 0 Å².